The molecule has 100 valence electrons. The van der Waals surface area contributed by atoms with Gasteiger partial charge < -0.3 is 15.7 Å². The molecule has 0 bridgehead atoms. The first-order chi connectivity index (χ1) is 8.66. The number of nitrogens with zero attached hydrogens (tertiary/aromatic N) is 1. The van der Waals surface area contributed by atoms with Crippen LogP contribution < -0.4 is 5.73 Å². The third-order valence-electron chi connectivity index (χ3n) is 3.82. The molecule has 0 aliphatic carbocycles. The summed E-state index contributed by atoms with van der Waals surface area (Å²) in [6, 6.07) is 10.3. The quantitative estimate of drug-likeness (QED) is 0.854. The van der Waals surface area contributed by atoms with E-state index in [2.05, 4.69) is 24.0 Å². The lowest BCUT2D eigenvalue weighted by Gasteiger charge is -2.33. The molecule has 1 heterocycles. The summed E-state index contributed by atoms with van der Waals surface area (Å²) in [5, 5.41) is 9.68. The molecule has 1 aromatic rings. The lowest BCUT2D eigenvalue weighted by molar-refractivity contribution is 0.0612. The summed E-state index contributed by atoms with van der Waals surface area (Å²) in [4.78, 5) is 2.33. The molecule has 1 aromatic carbocycles. The van der Waals surface area contributed by atoms with Crippen LogP contribution in [0.3, 0.4) is 0 Å². The van der Waals surface area contributed by atoms with E-state index < -0.39 is 0 Å². The maximum absolute atomic E-state index is 9.68. The van der Waals surface area contributed by atoms with E-state index in [1.165, 1.54) is 5.56 Å². The standard InChI is InChI=1S/C15H24N2O/c1-12(10-17-9-5-8-14(18)11-17)15(16)13-6-3-2-4-7-13/h2-4,6-7,12,14-15,18H,5,8-11,16H2,1H3/t12-,14+,15+/m0/s1. The fraction of sp³-hybridized carbons (Fsp3) is 0.600. The predicted molar refractivity (Wildman–Crippen MR) is 74.2 cm³/mol. The van der Waals surface area contributed by atoms with Crippen LogP contribution in [0.25, 0.3) is 0 Å². The van der Waals surface area contributed by atoms with Gasteiger partial charge in [-0.1, -0.05) is 37.3 Å². The lowest BCUT2D eigenvalue weighted by Crippen LogP contribution is -2.42. The maximum Gasteiger partial charge on any atom is 0.0667 e. The minimum Gasteiger partial charge on any atom is -0.392 e. The summed E-state index contributed by atoms with van der Waals surface area (Å²) in [7, 11) is 0. The minimum atomic E-state index is -0.154. The smallest absolute Gasteiger partial charge is 0.0667 e. The highest BCUT2D eigenvalue weighted by Crippen LogP contribution is 2.21. The molecule has 1 fully saturated rings. The Bertz CT molecular complexity index is 355. The fourth-order valence-electron chi connectivity index (χ4n) is 2.72. The molecule has 18 heavy (non-hydrogen) atoms. The zero-order valence-electron chi connectivity index (χ0n) is 11.1. The Morgan fingerprint density at radius 3 is 2.78 bits per heavy atom. The molecule has 3 atom stereocenters. The second-order valence-corrected chi connectivity index (χ2v) is 5.47. The number of benzene rings is 1. The van der Waals surface area contributed by atoms with Gasteiger partial charge in [0.1, 0.15) is 0 Å². The van der Waals surface area contributed by atoms with Crippen LogP contribution in [-0.4, -0.2) is 35.7 Å². The normalized spacial score (nSPS) is 24.7. The Morgan fingerprint density at radius 1 is 1.39 bits per heavy atom. The van der Waals surface area contributed by atoms with Gasteiger partial charge in [0.2, 0.25) is 0 Å². The van der Waals surface area contributed by atoms with Crippen LogP contribution in [0.4, 0.5) is 0 Å². The monoisotopic (exact) mass is 248 g/mol. The number of nitrogens with two attached hydrogens (primary N) is 1. The lowest BCUT2D eigenvalue weighted by atomic mass is 9.94. The minimum absolute atomic E-state index is 0.0743. The third kappa shape index (κ3) is 3.55. The first kappa shape index (κ1) is 13.5. The molecule has 3 N–H and O–H groups in total. The second kappa shape index (κ2) is 6.32. The van der Waals surface area contributed by atoms with Crippen molar-refractivity contribution in [3.63, 3.8) is 0 Å². The highest BCUT2D eigenvalue weighted by molar-refractivity contribution is 5.19. The van der Waals surface area contributed by atoms with Crippen LogP contribution in [-0.2, 0) is 0 Å². The van der Waals surface area contributed by atoms with E-state index in [4.69, 9.17) is 5.73 Å². The highest BCUT2D eigenvalue weighted by atomic mass is 16.3. The summed E-state index contributed by atoms with van der Waals surface area (Å²) in [5.41, 5.74) is 7.50. The number of likely N-dealkylation sites (tertiary alicyclic amines) is 1. The molecule has 0 spiro atoms. The number of hydrogen-bond acceptors (Lipinski definition) is 3. The molecule has 0 aromatic heterocycles. The van der Waals surface area contributed by atoms with Crippen molar-refractivity contribution in [3.8, 4) is 0 Å². The van der Waals surface area contributed by atoms with E-state index in [0.717, 1.165) is 32.5 Å². The van der Waals surface area contributed by atoms with Crippen LogP contribution >= 0.6 is 0 Å². The number of rotatable bonds is 4. The van der Waals surface area contributed by atoms with E-state index in [1.807, 2.05) is 18.2 Å². The summed E-state index contributed by atoms with van der Waals surface area (Å²) < 4.78 is 0. The van der Waals surface area contributed by atoms with Crippen molar-refractivity contribution in [2.75, 3.05) is 19.6 Å². The number of piperidine rings is 1. The van der Waals surface area contributed by atoms with Crippen molar-refractivity contribution in [2.45, 2.75) is 31.9 Å². The van der Waals surface area contributed by atoms with Gasteiger partial charge in [-0.3, -0.25) is 0 Å². The average Bonchev–Trinajstić information content (AvgIpc) is 2.39. The molecule has 2 rings (SSSR count). The van der Waals surface area contributed by atoms with Crippen molar-refractivity contribution in [1.82, 2.24) is 4.90 Å². The Balaban J connectivity index is 1.89. The van der Waals surface area contributed by atoms with Crippen LogP contribution in [0.1, 0.15) is 31.4 Å². The van der Waals surface area contributed by atoms with Gasteiger partial charge in [-0.2, -0.15) is 0 Å². The number of β-amino-alcohol motifs (C(OH)–C–C–N with tert-alkyl or cyclic N) is 1. The largest absolute Gasteiger partial charge is 0.392 e. The zero-order valence-corrected chi connectivity index (χ0v) is 11.1. The molecule has 3 heteroatoms. The van der Waals surface area contributed by atoms with Crippen LogP contribution in [0.15, 0.2) is 30.3 Å². The van der Waals surface area contributed by atoms with Gasteiger partial charge in [0.05, 0.1) is 6.10 Å². The summed E-state index contributed by atoms with van der Waals surface area (Å²) in [6.07, 6.45) is 1.88. The molecular formula is C15H24N2O. The molecule has 0 radical (unpaired) electrons. The van der Waals surface area contributed by atoms with E-state index in [9.17, 15) is 5.11 Å². The van der Waals surface area contributed by atoms with Crippen LogP contribution in [0.5, 0.6) is 0 Å². The van der Waals surface area contributed by atoms with Gasteiger partial charge >= 0.3 is 0 Å². The average molecular weight is 248 g/mol. The van der Waals surface area contributed by atoms with Gasteiger partial charge in [0.25, 0.3) is 0 Å². The van der Waals surface area contributed by atoms with Gasteiger partial charge in [0.15, 0.2) is 0 Å². The van der Waals surface area contributed by atoms with Crippen molar-refractivity contribution in [3.05, 3.63) is 35.9 Å². The van der Waals surface area contributed by atoms with Crippen molar-refractivity contribution >= 4 is 0 Å². The van der Waals surface area contributed by atoms with Gasteiger partial charge in [-0.15, -0.1) is 0 Å². The van der Waals surface area contributed by atoms with Gasteiger partial charge in [-0.25, -0.2) is 0 Å². The molecule has 3 nitrogen and oxygen atoms in total. The van der Waals surface area contributed by atoms with Gasteiger partial charge in [0, 0.05) is 19.1 Å². The summed E-state index contributed by atoms with van der Waals surface area (Å²) >= 11 is 0. The molecule has 0 saturated carbocycles. The van der Waals surface area contributed by atoms with Crippen molar-refractivity contribution < 1.29 is 5.11 Å². The topological polar surface area (TPSA) is 49.5 Å². The molecule has 1 saturated heterocycles. The van der Waals surface area contributed by atoms with E-state index in [-0.39, 0.29) is 12.1 Å². The Hall–Kier alpha value is -0.900. The second-order valence-electron chi connectivity index (χ2n) is 5.47. The molecular weight excluding hydrogens is 224 g/mol. The van der Waals surface area contributed by atoms with Crippen LogP contribution in [0.2, 0.25) is 0 Å². The number of aliphatic hydroxyl groups excluding tert-OH is 1. The van der Waals surface area contributed by atoms with E-state index >= 15 is 0 Å². The molecule has 0 amide bonds. The maximum atomic E-state index is 9.68. The van der Waals surface area contributed by atoms with E-state index in [1.54, 1.807) is 0 Å². The molecule has 1 aliphatic heterocycles. The fourth-order valence-corrected chi connectivity index (χ4v) is 2.72. The zero-order chi connectivity index (χ0) is 13.0. The third-order valence-corrected chi connectivity index (χ3v) is 3.82. The Labute approximate surface area is 110 Å². The van der Waals surface area contributed by atoms with Crippen molar-refractivity contribution in [1.29, 1.82) is 0 Å². The summed E-state index contributed by atoms with van der Waals surface area (Å²) in [6.45, 7) is 5.04. The summed E-state index contributed by atoms with van der Waals surface area (Å²) in [5.74, 6) is 0.401. The van der Waals surface area contributed by atoms with E-state index in [0.29, 0.717) is 5.92 Å². The Morgan fingerprint density at radius 2 is 2.11 bits per heavy atom. The highest BCUT2D eigenvalue weighted by Gasteiger charge is 2.22. The van der Waals surface area contributed by atoms with Crippen LogP contribution in [0, 0.1) is 5.92 Å². The van der Waals surface area contributed by atoms with Crippen molar-refractivity contribution in [2.24, 2.45) is 11.7 Å². The number of hydrogen-bond donors (Lipinski definition) is 2. The molecule has 1 aliphatic rings. The first-order valence-corrected chi connectivity index (χ1v) is 6.88. The Kier molecular flexibility index (Phi) is 4.75. The first-order valence-electron chi connectivity index (χ1n) is 6.88. The number of aliphatic hydroxyl groups is 1. The SMILES string of the molecule is C[C@@H](CN1CCC[C@@H](O)C1)[C@@H](N)c1ccccc1. The predicted octanol–water partition coefficient (Wildman–Crippen LogP) is 1.78. The van der Waals surface area contributed by atoms with Gasteiger partial charge in [-0.05, 0) is 30.9 Å². The molecule has 0 unspecified atom stereocenters.